The maximum absolute atomic E-state index is 5.95. The molecule has 2 aromatic rings. The summed E-state index contributed by atoms with van der Waals surface area (Å²) >= 11 is 5.95. The molecule has 0 aliphatic rings. The van der Waals surface area contributed by atoms with Crippen LogP contribution in [-0.2, 0) is 13.7 Å². The molecule has 1 heterocycles. The van der Waals surface area contributed by atoms with Gasteiger partial charge in [-0.3, -0.25) is 0 Å². The number of benzene rings is 1. The number of methoxy groups -OCH3 is 1. The Bertz CT molecular complexity index is 596. The van der Waals surface area contributed by atoms with Crippen molar-refractivity contribution in [1.29, 1.82) is 0 Å². The molecule has 0 bridgehead atoms. The van der Waals surface area contributed by atoms with Crippen LogP contribution in [0.2, 0.25) is 5.15 Å². The molecule has 0 fully saturated rings. The van der Waals surface area contributed by atoms with Crippen molar-refractivity contribution < 1.29 is 9.47 Å². The molecule has 0 radical (unpaired) electrons. The summed E-state index contributed by atoms with van der Waals surface area (Å²) < 4.78 is 12.8. The van der Waals surface area contributed by atoms with Crippen LogP contribution in [0.15, 0.2) is 24.4 Å². The molecule has 6 heteroatoms. The highest BCUT2D eigenvalue weighted by atomic mass is 35.5. The minimum absolute atomic E-state index is 0.124. The van der Waals surface area contributed by atoms with E-state index in [9.17, 15) is 0 Å². The van der Waals surface area contributed by atoms with Crippen molar-refractivity contribution >= 4 is 11.6 Å². The molecule has 2 rings (SSSR count). The molecular weight excluding hydrogens is 278 g/mol. The standard InChI is InChI=1S/C14H18ClN3O2/c1-9(16)11-5-4-10(19-3)6-12(11)20-8-14-17-7-13(15)18(14)2/h4-7,9H,8,16H2,1-3H3/t9-/m0/s1. The Labute approximate surface area is 123 Å². The van der Waals surface area contributed by atoms with E-state index in [1.165, 1.54) is 0 Å². The zero-order valence-corrected chi connectivity index (χ0v) is 12.5. The number of halogens is 1. The number of rotatable bonds is 5. The Hall–Kier alpha value is -1.72. The molecule has 1 atom stereocenters. The number of hydrogen-bond acceptors (Lipinski definition) is 4. The maximum Gasteiger partial charge on any atom is 0.147 e. The first-order valence-electron chi connectivity index (χ1n) is 6.25. The van der Waals surface area contributed by atoms with Crippen LogP contribution < -0.4 is 15.2 Å². The van der Waals surface area contributed by atoms with Crippen molar-refractivity contribution in [3.8, 4) is 11.5 Å². The number of ether oxygens (including phenoxy) is 2. The van der Waals surface area contributed by atoms with Crippen LogP contribution in [0.25, 0.3) is 0 Å². The van der Waals surface area contributed by atoms with E-state index in [2.05, 4.69) is 4.98 Å². The molecule has 5 nitrogen and oxygen atoms in total. The molecule has 0 aliphatic carbocycles. The van der Waals surface area contributed by atoms with Crippen LogP contribution in [0, 0.1) is 0 Å². The predicted octanol–water partition coefficient (Wildman–Crippen LogP) is 2.68. The number of nitrogens with two attached hydrogens (primary N) is 1. The summed E-state index contributed by atoms with van der Waals surface area (Å²) in [5.74, 6) is 2.16. The van der Waals surface area contributed by atoms with Gasteiger partial charge in [-0.25, -0.2) is 4.98 Å². The third kappa shape index (κ3) is 3.05. The first-order valence-corrected chi connectivity index (χ1v) is 6.63. The Balaban J connectivity index is 2.21. The van der Waals surface area contributed by atoms with Crippen molar-refractivity contribution in [2.45, 2.75) is 19.6 Å². The summed E-state index contributed by atoms with van der Waals surface area (Å²) in [5, 5.41) is 0.571. The Kier molecular flexibility index (Phi) is 4.52. The summed E-state index contributed by atoms with van der Waals surface area (Å²) in [6, 6.07) is 5.47. The fraction of sp³-hybridized carbons (Fsp3) is 0.357. The second-order valence-electron chi connectivity index (χ2n) is 4.54. The lowest BCUT2D eigenvalue weighted by Crippen LogP contribution is -2.10. The molecule has 108 valence electrons. The average molecular weight is 296 g/mol. The van der Waals surface area contributed by atoms with Crippen LogP contribution in [-0.4, -0.2) is 16.7 Å². The molecule has 1 aromatic carbocycles. The largest absolute Gasteiger partial charge is 0.497 e. The van der Waals surface area contributed by atoms with Gasteiger partial charge in [-0.05, 0) is 13.0 Å². The first kappa shape index (κ1) is 14.7. The normalized spacial score (nSPS) is 12.2. The van der Waals surface area contributed by atoms with E-state index in [1.807, 2.05) is 32.2 Å². The van der Waals surface area contributed by atoms with Gasteiger partial charge in [0, 0.05) is 24.7 Å². The van der Waals surface area contributed by atoms with E-state index in [1.54, 1.807) is 17.9 Å². The van der Waals surface area contributed by atoms with Crippen LogP contribution >= 0.6 is 11.6 Å². The Morgan fingerprint density at radius 3 is 2.75 bits per heavy atom. The van der Waals surface area contributed by atoms with Crippen molar-refractivity contribution in [2.24, 2.45) is 12.8 Å². The third-order valence-corrected chi connectivity index (χ3v) is 3.45. The van der Waals surface area contributed by atoms with E-state index in [4.69, 9.17) is 26.8 Å². The van der Waals surface area contributed by atoms with E-state index < -0.39 is 0 Å². The lowest BCUT2D eigenvalue weighted by Gasteiger charge is -2.15. The summed E-state index contributed by atoms with van der Waals surface area (Å²) in [6.45, 7) is 2.22. The van der Waals surface area contributed by atoms with Gasteiger partial charge in [0.2, 0.25) is 0 Å². The first-order chi connectivity index (χ1) is 9.52. The summed E-state index contributed by atoms with van der Waals surface area (Å²) in [5.41, 5.74) is 6.87. The minimum Gasteiger partial charge on any atom is -0.497 e. The zero-order chi connectivity index (χ0) is 14.7. The van der Waals surface area contributed by atoms with Crippen LogP contribution in [0.5, 0.6) is 11.5 Å². The van der Waals surface area contributed by atoms with Crippen molar-refractivity contribution in [2.75, 3.05) is 7.11 Å². The van der Waals surface area contributed by atoms with Gasteiger partial charge < -0.3 is 19.8 Å². The fourth-order valence-corrected chi connectivity index (χ4v) is 1.99. The summed E-state index contributed by atoms with van der Waals surface area (Å²) in [6.07, 6.45) is 1.60. The molecule has 0 saturated carbocycles. The van der Waals surface area contributed by atoms with Crippen LogP contribution in [0.4, 0.5) is 0 Å². The molecule has 0 spiro atoms. The third-order valence-electron chi connectivity index (χ3n) is 3.10. The number of hydrogen-bond donors (Lipinski definition) is 1. The molecule has 1 aromatic heterocycles. The number of aromatic nitrogens is 2. The molecule has 0 saturated heterocycles. The molecule has 20 heavy (non-hydrogen) atoms. The smallest absolute Gasteiger partial charge is 0.147 e. The van der Waals surface area contributed by atoms with Gasteiger partial charge in [-0.1, -0.05) is 17.7 Å². The second-order valence-corrected chi connectivity index (χ2v) is 4.92. The lowest BCUT2D eigenvalue weighted by atomic mass is 10.1. The number of imidazole rings is 1. The van der Waals surface area contributed by atoms with E-state index in [0.29, 0.717) is 17.5 Å². The lowest BCUT2D eigenvalue weighted by molar-refractivity contribution is 0.285. The van der Waals surface area contributed by atoms with E-state index >= 15 is 0 Å². The fourth-order valence-electron chi connectivity index (χ4n) is 1.84. The highest BCUT2D eigenvalue weighted by Crippen LogP contribution is 2.29. The van der Waals surface area contributed by atoms with Gasteiger partial charge in [0.1, 0.15) is 29.1 Å². The van der Waals surface area contributed by atoms with Gasteiger partial charge in [-0.2, -0.15) is 0 Å². The molecule has 2 N–H and O–H groups in total. The van der Waals surface area contributed by atoms with Crippen LogP contribution in [0.1, 0.15) is 24.4 Å². The van der Waals surface area contributed by atoms with Crippen molar-refractivity contribution in [3.05, 3.63) is 40.9 Å². The Morgan fingerprint density at radius 2 is 2.20 bits per heavy atom. The topological polar surface area (TPSA) is 62.3 Å². The quantitative estimate of drug-likeness (QED) is 0.921. The van der Waals surface area contributed by atoms with Gasteiger partial charge in [0.25, 0.3) is 0 Å². The van der Waals surface area contributed by atoms with E-state index in [0.717, 1.165) is 17.1 Å². The zero-order valence-electron chi connectivity index (χ0n) is 11.8. The second kappa shape index (κ2) is 6.15. The Morgan fingerprint density at radius 1 is 1.45 bits per heavy atom. The number of nitrogens with zero attached hydrogens (tertiary/aromatic N) is 2. The van der Waals surface area contributed by atoms with Gasteiger partial charge in [0.15, 0.2) is 0 Å². The SMILES string of the molecule is COc1ccc([C@H](C)N)c(OCc2ncc(Cl)n2C)c1. The van der Waals surface area contributed by atoms with Crippen molar-refractivity contribution in [3.63, 3.8) is 0 Å². The molecule has 0 aliphatic heterocycles. The monoisotopic (exact) mass is 295 g/mol. The molecule has 0 unspecified atom stereocenters. The van der Waals surface area contributed by atoms with Crippen LogP contribution in [0.3, 0.4) is 0 Å². The highest BCUT2D eigenvalue weighted by molar-refractivity contribution is 6.29. The maximum atomic E-state index is 5.95. The van der Waals surface area contributed by atoms with E-state index in [-0.39, 0.29) is 6.04 Å². The molecule has 0 amide bonds. The van der Waals surface area contributed by atoms with Gasteiger partial charge in [0.05, 0.1) is 13.3 Å². The summed E-state index contributed by atoms with van der Waals surface area (Å²) in [4.78, 5) is 4.19. The molecular formula is C14H18ClN3O2. The predicted molar refractivity (Wildman–Crippen MR) is 78.1 cm³/mol. The van der Waals surface area contributed by atoms with Gasteiger partial charge in [-0.15, -0.1) is 0 Å². The summed E-state index contributed by atoms with van der Waals surface area (Å²) in [7, 11) is 3.45. The highest BCUT2D eigenvalue weighted by Gasteiger charge is 2.12. The average Bonchev–Trinajstić information content (AvgIpc) is 2.76. The van der Waals surface area contributed by atoms with Gasteiger partial charge >= 0.3 is 0 Å². The van der Waals surface area contributed by atoms with Crippen molar-refractivity contribution in [1.82, 2.24) is 9.55 Å². The minimum atomic E-state index is -0.124.